The maximum atomic E-state index is 12.7. The van der Waals surface area contributed by atoms with Gasteiger partial charge in [-0.1, -0.05) is 6.07 Å². The molecular weight excluding hydrogens is 314 g/mol. The normalized spacial score (nSPS) is 30.2. The van der Waals surface area contributed by atoms with Gasteiger partial charge < -0.3 is 10.0 Å². The number of nitrogens with zero attached hydrogens (tertiary/aromatic N) is 1. The van der Waals surface area contributed by atoms with Gasteiger partial charge in [0, 0.05) is 24.9 Å². The quantitative estimate of drug-likeness (QED) is 0.911. The Bertz CT molecular complexity index is 701. The molecule has 23 heavy (non-hydrogen) atoms. The van der Waals surface area contributed by atoms with Crippen LogP contribution in [0.5, 0.6) is 0 Å². The maximum absolute atomic E-state index is 12.7. The predicted octanol–water partition coefficient (Wildman–Crippen LogP) is 1.71. The van der Waals surface area contributed by atoms with Crippen LogP contribution in [0.3, 0.4) is 0 Å². The fourth-order valence-electron chi connectivity index (χ4n) is 4.10. The van der Waals surface area contributed by atoms with Crippen molar-refractivity contribution in [2.45, 2.75) is 42.7 Å². The Labute approximate surface area is 137 Å². The number of sulfone groups is 1. The third-order valence-electron chi connectivity index (χ3n) is 5.34. The third kappa shape index (κ3) is 3.28. The van der Waals surface area contributed by atoms with E-state index in [4.69, 9.17) is 0 Å². The van der Waals surface area contributed by atoms with E-state index in [1.54, 1.807) is 24.1 Å². The number of aliphatic hydroxyl groups excluding tert-OH is 1. The molecule has 4 atom stereocenters. The molecule has 2 unspecified atom stereocenters. The summed E-state index contributed by atoms with van der Waals surface area (Å²) in [5.41, 5.74) is 0.410. The average molecular weight is 337 g/mol. The number of carbonyl (C=O) groups is 1. The van der Waals surface area contributed by atoms with Crippen molar-refractivity contribution in [3.05, 3.63) is 29.8 Å². The zero-order chi connectivity index (χ0) is 16.8. The summed E-state index contributed by atoms with van der Waals surface area (Å²) in [6.07, 6.45) is 4.49. The first kappa shape index (κ1) is 16.5. The number of hydrogen-bond donors (Lipinski definition) is 1. The van der Waals surface area contributed by atoms with Crippen molar-refractivity contribution in [3.63, 3.8) is 0 Å². The standard InChI is InChI=1S/C17H23NO4S/c1-18(14-6-12-8-15(19)9-13(12)7-14)17(20)11-4-3-5-16(10-11)23(2,21)22/h3-5,10,12-15,19H,6-9H2,1-2H3/t12-,13+,14?,15?. The first-order valence-corrected chi connectivity index (χ1v) is 9.90. The minimum absolute atomic E-state index is 0.138. The third-order valence-corrected chi connectivity index (χ3v) is 6.45. The van der Waals surface area contributed by atoms with Gasteiger partial charge in [0.05, 0.1) is 11.0 Å². The first-order chi connectivity index (χ1) is 10.8. The minimum atomic E-state index is -3.32. The second-order valence-corrected chi connectivity index (χ2v) is 9.00. The summed E-state index contributed by atoms with van der Waals surface area (Å²) in [6.45, 7) is 0. The molecule has 0 heterocycles. The lowest BCUT2D eigenvalue weighted by atomic mass is 10.0. The smallest absolute Gasteiger partial charge is 0.253 e. The summed E-state index contributed by atoms with van der Waals surface area (Å²) in [4.78, 5) is 14.6. The van der Waals surface area contributed by atoms with Crippen molar-refractivity contribution in [2.24, 2.45) is 11.8 Å². The van der Waals surface area contributed by atoms with Crippen molar-refractivity contribution in [1.29, 1.82) is 0 Å². The van der Waals surface area contributed by atoms with Gasteiger partial charge >= 0.3 is 0 Å². The molecule has 2 aliphatic rings. The van der Waals surface area contributed by atoms with Crippen LogP contribution in [-0.4, -0.2) is 49.8 Å². The average Bonchev–Trinajstić information content (AvgIpc) is 3.02. The van der Waals surface area contributed by atoms with Crippen LogP contribution >= 0.6 is 0 Å². The van der Waals surface area contributed by atoms with E-state index in [9.17, 15) is 18.3 Å². The van der Waals surface area contributed by atoms with E-state index in [2.05, 4.69) is 0 Å². The molecule has 0 aromatic heterocycles. The second-order valence-electron chi connectivity index (χ2n) is 6.99. The Morgan fingerprint density at radius 2 is 1.78 bits per heavy atom. The predicted molar refractivity (Wildman–Crippen MR) is 86.9 cm³/mol. The van der Waals surface area contributed by atoms with E-state index in [-0.39, 0.29) is 22.9 Å². The van der Waals surface area contributed by atoms with Crippen LogP contribution in [-0.2, 0) is 9.84 Å². The lowest BCUT2D eigenvalue weighted by Crippen LogP contribution is -2.36. The number of rotatable bonds is 3. The summed E-state index contributed by atoms with van der Waals surface area (Å²) < 4.78 is 23.3. The fraction of sp³-hybridized carbons (Fsp3) is 0.588. The first-order valence-electron chi connectivity index (χ1n) is 8.01. The molecule has 2 fully saturated rings. The van der Waals surface area contributed by atoms with Gasteiger partial charge in [-0.05, 0) is 55.7 Å². The zero-order valence-corrected chi connectivity index (χ0v) is 14.3. The Morgan fingerprint density at radius 1 is 1.17 bits per heavy atom. The van der Waals surface area contributed by atoms with Gasteiger partial charge in [0.15, 0.2) is 9.84 Å². The van der Waals surface area contributed by atoms with Crippen molar-refractivity contribution in [1.82, 2.24) is 4.90 Å². The Kier molecular flexibility index (Phi) is 4.23. The van der Waals surface area contributed by atoms with E-state index < -0.39 is 9.84 Å². The topological polar surface area (TPSA) is 74.7 Å². The molecule has 1 N–H and O–H groups in total. The molecule has 0 radical (unpaired) electrons. The summed E-state index contributed by atoms with van der Waals surface area (Å²) in [5, 5.41) is 9.72. The van der Waals surface area contributed by atoms with Gasteiger partial charge in [-0.2, -0.15) is 0 Å². The van der Waals surface area contributed by atoms with Crippen LogP contribution in [0.1, 0.15) is 36.0 Å². The molecule has 2 aliphatic carbocycles. The molecule has 3 rings (SSSR count). The number of fused-ring (bicyclic) bond motifs is 1. The molecule has 1 aromatic carbocycles. The van der Waals surface area contributed by atoms with Crippen LogP contribution in [0.25, 0.3) is 0 Å². The highest BCUT2D eigenvalue weighted by Crippen LogP contribution is 2.45. The molecular formula is C17H23NO4S. The largest absolute Gasteiger partial charge is 0.393 e. The van der Waals surface area contributed by atoms with E-state index >= 15 is 0 Å². The number of aliphatic hydroxyl groups is 1. The van der Waals surface area contributed by atoms with E-state index in [0.29, 0.717) is 17.4 Å². The van der Waals surface area contributed by atoms with Crippen molar-refractivity contribution >= 4 is 15.7 Å². The molecule has 0 bridgehead atoms. The van der Waals surface area contributed by atoms with Gasteiger partial charge in [-0.15, -0.1) is 0 Å². The molecule has 2 saturated carbocycles. The van der Waals surface area contributed by atoms with Crippen molar-refractivity contribution in [2.75, 3.05) is 13.3 Å². The number of amides is 1. The monoisotopic (exact) mass is 337 g/mol. The van der Waals surface area contributed by atoms with Crippen molar-refractivity contribution in [3.8, 4) is 0 Å². The number of benzene rings is 1. The SMILES string of the molecule is CN(C(=O)c1cccc(S(C)(=O)=O)c1)C1C[C@H]2CC(O)C[C@H]2C1. The Morgan fingerprint density at radius 3 is 2.35 bits per heavy atom. The molecule has 1 amide bonds. The summed E-state index contributed by atoms with van der Waals surface area (Å²) >= 11 is 0. The van der Waals surface area contributed by atoms with Crippen LogP contribution < -0.4 is 0 Å². The Hall–Kier alpha value is -1.40. The molecule has 0 saturated heterocycles. The van der Waals surface area contributed by atoms with Crippen LogP contribution in [0.4, 0.5) is 0 Å². The zero-order valence-electron chi connectivity index (χ0n) is 13.5. The van der Waals surface area contributed by atoms with Gasteiger partial charge in [0.25, 0.3) is 5.91 Å². The van der Waals surface area contributed by atoms with Crippen molar-refractivity contribution < 1.29 is 18.3 Å². The molecule has 1 aromatic rings. The van der Waals surface area contributed by atoms with Gasteiger partial charge in [0.1, 0.15) is 0 Å². The van der Waals surface area contributed by atoms with Gasteiger partial charge in [-0.25, -0.2) is 8.42 Å². The van der Waals surface area contributed by atoms with E-state index in [1.807, 2.05) is 0 Å². The highest BCUT2D eigenvalue weighted by Gasteiger charge is 2.43. The minimum Gasteiger partial charge on any atom is -0.393 e. The molecule has 0 aliphatic heterocycles. The molecule has 126 valence electrons. The van der Waals surface area contributed by atoms with E-state index in [1.165, 1.54) is 12.1 Å². The lowest BCUT2D eigenvalue weighted by molar-refractivity contribution is 0.0722. The molecule has 0 spiro atoms. The summed E-state index contributed by atoms with van der Waals surface area (Å²) in [7, 11) is -1.53. The Balaban J connectivity index is 1.74. The summed E-state index contributed by atoms with van der Waals surface area (Å²) in [6, 6.07) is 6.40. The summed E-state index contributed by atoms with van der Waals surface area (Å²) in [5.74, 6) is 0.876. The highest BCUT2D eigenvalue weighted by molar-refractivity contribution is 7.90. The highest BCUT2D eigenvalue weighted by atomic mass is 32.2. The fourth-order valence-corrected chi connectivity index (χ4v) is 4.76. The number of hydrogen-bond acceptors (Lipinski definition) is 4. The van der Waals surface area contributed by atoms with Crippen LogP contribution in [0.2, 0.25) is 0 Å². The van der Waals surface area contributed by atoms with Crippen LogP contribution in [0, 0.1) is 11.8 Å². The second kappa shape index (κ2) is 5.91. The number of carbonyl (C=O) groups excluding carboxylic acids is 1. The van der Waals surface area contributed by atoms with Gasteiger partial charge in [-0.3, -0.25) is 4.79 Å². The lowest BCUT2D eigenvalue weighted by Gasteiger charge is -2.26. The molecule has 6 heteroatoms. The maximum Gasteiger partial charge on any atom is 0.253 e. The van der Waals surface area contributed by atoms with Crippen LogP contribution in [0.15, 0.2) is 29.2 Å². The van der Waals surface area contributed by atoms with E-state index in [0.717, 1.165) is 31.9 Å². The molecule has 5 nitrogen and oxygen atoms in total. The van der Waals surface area contributed by atoms with Gasteiger partial charge in [0.2, 0.25) is 0 Å².